The Balaban J connectivity index is 1.74. The fourth-order valence-corrected chi connectivity index (χ4v) is 2.97. The molecule has 1 saturated heterocycles. The minimum absolute atomic E-state index is 0.106. The Hall–Kier alpha value is -2.54. The number of benzene rings is 1. The number of hydrogen-bond acceptors (Lipinski definition) is 4. The van der Waals surface area contributed by atoms with Crippen LogP contribution in [-0.2, 0) is 11.8 Å². The highest BCUT2D eigenvalue weighted by molar-refractivity contribution is 5.75. The lowest BCUT2D eigenvalue weighted by Gasteiger charge is -2.20. The summed E-state index contributed by atoms with van der Waals surface area (Å²) in [5.41, 5.74) is 0.904. The fourth-order valence-electron chi connectivity index (χ4n) is 2.97. The summed E-state index contributed by atoms with van der Waals surface area (Å²) in [7, 11) is 3.53. The van der Waals surface area contributed by atoms with Crippen LogP contribution in [0.4, 0.5) is 4.79 Å². The Morgan fingerprint density at radius 2 is 2.40 bits per heavy atom. The van der Waals surface area contributed by atoms with E-state index in [9.17, 15) is 4.79 Å². The van der Waals surface area contributed by atoms with Crippen LogP contribution in [0.2, 0.25) is 0 Å². The van der Waals surface area contributed by atoms with Crippen molar-refractivity contribution in [2.24, 2.45) is 7.05 Å². The number of amides is 2. The lowest BCUT2D eigenvalue weighted by Crippen LogP contribution is -2.42. The minimum Gasteiger partial charge on any atom is -0.497 e. The molecule has 7 heteroatoms. The smallest absolute Gasteiger partial charge is 0.315 e. The van der Waals surface area contributed by atoms with Crippen LogP contribution in [0.5, 0.6) is 5.75 Å². The van der Waals surface area contributed by atoms with Gasteiger partial charge in [0.1, 0.15) is 17.6 Å². The van der Waals surface area contributed by atoms with E-state index < -0.39 is 0 Å². The Kier molecular flexibility index (Phi) is 5.55. The van der Waals surface area contributed by atoms with E-state index in [4.69, 9.17) is 9.47 Å². The van der Waals surface area contributed by atoms with E-state index >= 15 is 0 Å². The van der Waals surface area contributed by atoms with Crippen LogP contribution in [0.3, 0.4) is 0 Å². The first-order chi connectivity index (χ1) is 12.2. The summed E-state index contributed by atoms with van der Waals surface area (Å²) >= 11 is 0. The van der Waals surface area contributed by atoms with E-state index in [2.05, 4.69) is 15.6 Å². The van der Waals surface area contributed by atoms with Gasteiger partial charge in [0.25, 0.3) is 0 Å². The number of nitrogens with one attached hydrogen (secondary N) is 2. The topological polar surface area (TPSA) is 77.4 Å². The van der Waals surface area contributed by atoms with Gasteiger partial charge in [-0.25, -0.2) is 9.78 Å². The number of rotatable bonds is 6. The number of aromatic nitrogens is 2. The Bertz CT molecular complexity index is 710. The van der Waals surface area contributed by atoms with E-state index in [0.717, 1.165) is 36.6 Å². The number of carbonyl (C=O) groups excluding carboxylic acids is 1. The van der Waals surface area contributed by atoms with E-state index in [0.29, 0.717) is 6.54 Å². The van der Waals surface area contributed by atoms with Crippen LogP contribution < -0.4 is 15.4 Å². The lowest BCUT2D eigenvalue weighted by atomic mass is 10.1. The monoisotopic (exact) mass is 344 g/mol. The molecular weight excluding hydrogens is 320 g/mol. The predicted octanol–water partition coefficient (Wildman–Crippen LogP) is 2.00. The SMILES string of the molecule is COc1cccc(C(NC(=O)NCC2CCCO2)c2nccn2C)c1. The molecule has 7 nitrogen and oxygen atoms in total. The minimum atomic E-state index is -0.375. The molecule has 0 aliphatic carbocycles. The van der Waals surface area contributed by atoms with Crippen molar-refractivity contribution in [3.05, 3.63) is 48.0 Å². The highest BCUT2D eigenvalue weighted by atomic mass is 16.5. The van der Waals surface area contributed by atoms with Crippen LogP contribution in [-0.4, -0.2) is 41.9 Å². The molecule has 2 atom stereocenters. The normalized spacial score (nSPS) is 17.9. The van der Waals surface area contributed by atoms with Crippen LogP contribution in [0, 0.1) is 0 Å². The summed E-state index contributed by atoms with van der Waals surface area (Å²) in [6.07, 6.45) is 5.71. The summed E-state index contributed by atoms with van der Waals surface area (Å²) in [6, 6.07) is 7.00. The maximum Gasteiger partial charge on any atom is 0.315 e. The van der Waals surface area contributed by atoms with Crippen LogP contribution in [0.25, 0.3) is 0 Å². The van der Waals surface area contributed by atoms with Crippen molar-refractivity contribution in [2.75, 3.05) is 20.3 Å². The molecule has 1 fully saturated rings. The summed E-state index contributed by atoms with van der Waals surface area (Å²) in [5, 5.41) is 5.90. The third-order valence-electron chi connectivity index (χ3n) is 4.33. The van der Waals surface area contributed by atoms with Gasteiger partial charge in [-0.3, -0.25) is 0 Å². The van der Waals surface area contributed by atoms with E-state index in [1.54, 1.807) is 13.3 Å². The molecule has 2 heterocycles. The second kappa shape index (κ2) is 8.02. The molecule has 2 unspecified atom stereocenters. The van der Waals surface area contributed by atoms with Gasteiger partial charge in [-0.05, 0) is 30.5 Å². The number of urea groups is 1. The second-order valence-corrected chi connectivity index (χ2v) is 6.10. The second-order valence-electron chi connectivity index (χ2n) is 6.10. The maximum absolute atomic E-state index is 12.4. The number of hydrogen-bond donors (Lipinski definition) is 2. The summed E-state index contributed by atoms with van der Waals surface area (Å²) < 4.78 is 12.7. The molecule has 25 heavy (non-hydrogen) atoms. The molecule has 0 bridgehead atoms. The van der Waals surface area contributed by atoms with Gasteiger partial charge in [0, 0.05) is 32.6 Å². The van der Waals surface area contributed by atoms with Gasteiger partial charge in [0.15, 0.2) is 0 Å². The molecule has 0 saturated carbocycles. The first-order valence-electron chi connectivity index (χ1n) is 8.44. The van der Waals surface area contributed by atoms with Crippen molar-refractivity contribution in [3.8, 4) is 5.75 Å². The number of carbonyl (C=O) groups is 1. The fraction of sp³-hybridized carbons (Fsp3) is 0.444. The average Bonchev–Trinajstić information content (AvgIpc) is 3.29. The first-order valence-corrected chi connectivity index (χ1v) is 8.44. The van der Waals surface area contributed by atoms with E-state index in [1.165, 1.54) is 0 Å². The van der Waals surface area contributed by atoms with Gasteiger partial charge in [-0.1, -0.05) is 12.1 Å². The van der Waals surface area contributed by atoms with Crippen molar-refractivity contribution >= 4 is 6.03 Å². The third-order valence-corrected chi connectivity index (χ3v) is 4.33. The van der Waals surface area contributed by atoms with Gasteiger partial charge in [-0.2, -0.15) is 0 Å². The predicted molar refractivity (Wildman–Crippen MR) is 93.6 cm³/mol. The van der Waals surface area contributed by atoms with Gasteiger partial charge in [0.05, 0.1) is 13.2 Å². The van der Waals surface area contributed by atoms with Crippen LogP contribution in [0.15, 0.2) is 36.7 Å². The van der Waals surface area contributed by atoms with Gasteiger partial charge >= 0.3 is 6.03 Å². The maximum atomic E-state index is 12.4. The number of aryl methyl sites for hydroxylation is 1. The number of imidazole rings is 1. The van der Waals surface area contributed by atoms with Crippen molar-refractivity contribution in [1.29, 1.82) is 0 Å². The molecule has 1 aromatic heterocycles. The van der Waals surface area contributed by atoms with Crippen LogP contribution >= 0.6 is 0 Å². The van der Waals surface area contributed by atoms with E-state index in [1.807, 2.05) is 42.1 Å². The standard InChI is InChI=1S/C18H24N4O3/c1-22-9-8-19-17(22)16(13-5-3-6-14(11-13)24-2)21-18(23)20-12-15-7-4-10-25-15/h3,5-6,8-9,11,15-16H,4,7,10,12H2,1-2H3,(H2,20,21,23). The molecule has 0 spiro atoms. The van der Waals surface area contributed by atoms with Crippen molar-refractivity contribution in [2.45, 2.75) is 25.0 Å². The highest BCUT2D eigenvalue weighted by Gasteiger charge is 2.22. The van der Waals surface area contributed by atoms with Gasteiger partial charge in [0.2, 0.25) is 0 Å². The largest absolute Gasteiger partial charge is 0.497 e. The zero-order valence-electron chi connectivity index (χ0n) is 14.6. The summed E-state index contributed by atoms with van der Waals surface area (Å²) in [4.78, 5) is 16.8. The molecule has 2 aromatic rings. The summed E-state index contributed by atoms with van der Waals surface area (Å²) in [6.45, 7) is 1.28. The molecule has 134 valence electrons. The van der Waals surface area contributed by atoms with E-state index in [-0.39, 0.29) is 18.2 Å². The Labute approximate surface area is 147 Å². The molecule has 1 aliphatic heterocycles. The highest BCUT2D eigenvalue weighted by Crippen LogP contribution is 2.24. The average molecular weight is 344 g/mol. The molecule has 2 N–H and O–H groups in total. The van der Waals surface area contributed by atoms with Crippen molar-refractivity contribution in [3.63, 3.8) is 0 Å². The Morgan fingerprint density at radius 1 is 1.52 bits per heavy atom. The first kappa shape index (κ1) is 17.3. The molecule has 3 rings (SSSR count). The molecule has 2 amide bonds. The lowest BCUT2D eigenvalue weighted by molar-refractivity contribution is 0.111. The quantitative estimate of drug-likeness (QED) is 0.840. The third kappa shape index (κ3) is 4.30. The van der Waals surface area contributed by atoms with Crippen LogP contribution in [0.1, 0.15) is 30.3 Å². The summed E-state index contributed by atoms with van der Waals surface area (Å²) in [5.74, 6) is 1.48. The van der Waals surface area contributed by atoms with Crippen molar-refractivity contribution in [1.82, 2.24) is 20.2 Å². The number of methoxy groups -OCH3 is 1. The molecule has 1 aromatic carbocycles. The number of ether oxygens (including phenoxy) is 2. The zero-order valence-corrected chi connectivity index (χ0v) is 14.6. The Morgan fingerprint density at radius 3 is 3.08 bits per heavy atom. The molecule has 0 radical (unpaired) electrons. The van der Waals surface area contributed by atoms with Gasteiger partial charge < -0.3 is 24.7 Å². The number of nitrogens with zero attached hydrogens (tertiary/aromatic N) is 2. The molecular formula is C18H24N4O3. The molecule has 1 aliphatic rings. The zero-order chi connectivity index (χ0) is 17.6. The van der Waals surface area contributed by atoms with Crippen molar-refractivity contribution < 1.29 is 14.3 Å². The van der Waals surface area contributed by atoms with Gasteiger partial charge in [-0.15, -0.1) is 0 Å².